The molecule has 0 radical (unpaired) electrons. The number of amides is 3. The summed E-state index contributed by atoms with van der Waals surface area (Å²) >= 11 is 0. The molecule has 1 N–H and O–H groups in total. The average Bonchev–Trinajstić information content (AvgIpc) is 2.74. The zero-order valence-corrected chi connectivity index (χ0v) is 16.0. The fourth-order valence-electron chi connectivity index (χ4n) is 3.83. The SMILES string of the molecule is CCCNC(=O)N(C1CCOCC1)C1CCN(C(=O)c2cnccn2)CC1. The number of hydrogen-bond acceptors (Lipinski definition) is 5. The van der Waals surface area contributed by atoms with Gasteiger partial charge in [0.15, 0.2) is 0 Å². The van der Waals surface area contributed by atoms with E-state index in [1.165, 1.54) is 12.4 Å². The molecule has 2 aliphatic rings. The van der Waals surface area contributed by atoms with Crippen molar-refractivity contribution >= 4 is 11.9 Å². The van der Waals surface area contributed by atoms with Crippen LogP contribution in [-0.2, 0) is 4.74 Å². The van der Waals surface area contributed by atoms with Gasteiger partial charge in [-0.3, -0.25) is 9.78 Å². The number of hydrogen-bond donors (Lipinski definition) is 1. The highest BCUT2D eigenvalue weighted by atomic mass is 16.5. The molecule has 27 heavy (non-hydrogen) atoms. The van der Waals surface area contributed by atoms with Gasteiger partial charge < -0.3 is 19.9 Å². The Labute approximate surface area is 160 Å². The van der Waals surface area contributed by atoms with E-state index >= 15 is 0 Å². The molecular formula is C19H29N5O3. The molecule has 8 nitrogen and oxygen atoms in total. The first-order chi connectivity index (χ1) is 13.2. The third kappa shape index (κ3) is 4.94. The van der Waals surface area contributed by atoms with Crippen LogP contribution in [0.2, 0.25) is 0 Å². The summed E-state index contributed by atoms with van der Waals surface area (Å²) < 4.78 is 5.47. The van der Waals surface area contributed by atoms with Gasteiger partial charge in [0.2, 0.25) is 0 Å². The number of piperidine rings is 1. The van der Waals surface area contributed by atoms with Crippen LogP contribution in [0.25, 0.3) is 0 Å². The van der Waals surface area contributed by atoms with Gasteiger partial charge in [-0.15, -0.1) is 0 Å². The Balaban J connectivity index is 1.63. The maximum Gasteiger partial charge on any atom is 0.317 e. The molecule has 1 aromatic heterocycles. The van der Waals surface area contributed by atoms with Crippen molar-refractivity contribution in [2.45, 2.75) is 51.1 Å². The molecule has 3 rings (SSSR count). The van der Waals surface area contributed by atoms with E-state index in [-0.39, 0.29) is 24.0 Å². The van der Waals surface area contributed by atoms with Crippen LogP contribution in [0.5, 0.6) is 0 Å². The molecule has 148 valence electrons. The second-order valence-electron chi connectivity index (χ2n) is 7.10. The lowest BCUT2D eigenvalue weighted by Gasteiger charge is -2.43. The van der Waals surface area contributed by atoms with E-state index in [9.17, 15) is 9.59 Å². The first-order valence-corrected chi connectivity index (χ1v) is 9.90. The van der Waals surface area contributed by atoms with E-state index in [4.69, 9.17) is 4.74 Å². The minimum absolute atomic E-state index is 0.0162. The lowest BCUT2D eigenvalue weighted by molar-refractivity contribution is 0.0208. The summed E-state index contributed by atoms with van der Waals surface area (Å²) in [6.45, 7) is 5.39. The fraction of sp³-hybridized carbons (Fsp3) is 0.684. The van der Waals surface area contributed by atoms with Crippen LogP contribution >= 0.6 is 0 Å². The van der Waals surface area contributed by atoms with Crippen LogP contribution in [0.15, 0.2) is 18.6 Å². The molecule has 1 aromatic rings. The van der Waals surface area contributed by atoms with Crippen molar-refractivity contribution in [3.63, 3.8) is 0 Å². The minimum Gasteiger partial charge on any atom is -0.381 e. The molecule has 0 aliphatic carbocycles. The van der Waals surface area contributed by atoms with Gasteiger partial charge >= 0.3 is 6.03 Å². The molecule has 0 atom stereocenters. The van der Waals surface area contributed by atoms with Gasteiger partial charge in [-0.25, -0.2) is 9.78 Å². The van der Waals surface area contributed by atoms with Gasteiger partial charge in [-0.2, -0.15) is 0 Å². The van der Waals surface area contributed by atoms with Crippen LogP contribution in [0, 0.1) is 0 Å². The third-order valence-corrected chi connectivity index (χ3v) is 5.27. The fourth-order valence-corrected chi connectivity index (χ4v) is 3.83. The monoisotopic (exact) mass is 375 g/mol. The summed E-state index contributed by atoms with van der Waals surface area (Å²) in [5, 5.41) is 3.03. The Morgan fingerprint density at radius 3 is 2.52 bits per heavy atom. The average molecular weight is 375 g/mol. The second kappa shape index (κ2) is 9.64. The van der Waals surface area contributed by atoms with Gasteiger partial charge in [-0.1, -0.05) is 6.92 Å². The normalized spacial score (nSPS) is 18.9. The number of rotatable bonds is 5. The first kappa shape index (κ1) is 19.5. The molecule has 0 unspecified atom stereocenters. The van der Waals surface area contributed by atoms with Crippen molar-refractivity contribution in [2.75, 3.05) is 32.8 Å². The summed E-state index contributed by atoms with van der Waals surface area (Å²) in [6, 6.07) is 0.376. The van der Waals surface area contributed by atoms with E-state index in [0.717, 1.165) is 32.1 Å². The maximum atomic E-state index is 12.8. The van der Waals surface area contributed by atoms with Crippen molar-refractivity contribution in [1.29, 1.82) is 0 Å². The van der Waals surface area contributed by atoms with Crippen molar-refractivity contribution in [3.8, 4) is 0 Å². The number of urea groups is 1. The number of carbonyl (C=O) groups is 2. The van der Waals surface area contributed by atoms with E-state index < -0.39 is 0 Å². The van der Waals surface area contributed by atoms with Crippen LogP contribution in [-0.4, -0.2) is 76.6 Å². The summed E-state index contributed by atoms with van der Waals surface area (Å²) in [5.74, 6) is -0.0883. The molecule has 8 heteroatoms. The van der Waals surface area contributed by atoms with Gasteiger partial charge in [0.25, 0.3) is 5.91 Å². The first-order valence-electron chi connectivity index (χ1n) is 9.90. The van der Waals surface area contributed by atoms with Gasteiger partial charge in [-0.05, 0) is 32.1 Å². The largest absolute Gasteiger partial charge is 0.381 e. The van der Waals surface area contributed by atoms with E-state index in [1.54, 1.807) is 6.20 Å². The number of nitrogens with zero attached hydrogens (tertiary/aromatic N) is 4. The van der Waals surface area contributed by atoms with Gasteiger partial charge in [0, 0.05) is 57.3 Å². The second-order valence-corrected chi connectivity index (χ2v) is 7.10. The summed E-state index contributed by atoms with van der Waals surface area (Å²) in [4.78, 5) is 37.3. The molecule has 3 heterocycles. The van der Waals surface area contributed by atoms with E-state index in [2.05, 4.69) is 22.2 Å². The summed E-state index contributed by atoms with van der Waals surface area (Å²) in [7, 11) is 0. The Kier molecular flexibility index (Phi) is 6.98. The summed E-state index contributed by atoms with van der Waals surface area (Å²) in [5.41, 5.74) is 0.373. The van der Waals surface area contributed by atoms with Crippen molar-refractivity contribution < 1.29 is 14.3 Å². The van der Waals surface area contributed by atoms with Crippen molar-refractivity contribution in [1.82, 2.24) is 25.1 Å². The number of nitrogens with one attached hydrogen (secondary N) is 1. The number of ether oxygens (including phenoxy) is 1. The topological polar surface area (TPSA) is 87.7 Å². The smallest absolute Gasteiger partial charge is 0.317 e. The molecule has 2 saturated heterocycles. The predicted molar refractivity (Wildman–Crippen MR) is 100 cm³/mol. The highest BCUT2D eigenvalue weighted by Crippen LogP contribution is 2.24. The lowest BCUT2D eigenvalue weighted by atomic mass is 9.98. The molecule has 0 aromatic carbocycles. The highest BCUT2D eigenvalue weighted by Gasteiger charge is 2.35. The molecule has 0 spiro atoms. The molecule has 0 bridgehead atoms. The standard InChI is InChI=1S/C19H29N5O3/c1-2-7-22-19(26)24(16-5-12-27-13-6-16)15-3-10-23(11-4-15)18(25)17-14-20-8-9-21-17/h8-9,14-16H,2-7,10-13H2,1H3,(H,22,26). The van der Waals surface area contributed by atoms with Crippen molar-refractivity contribution in [3.05, 3.63) is 24.3 Å². The highest BCUT2D eigenvalue weighted by molar-refractivity contribution is 5.92. The Morgan fingerprint density at radius 2 is 1.89 bits per heavy atom. The third-order valence-electron chi connectivity index (χ3n) is 5.27. The zero-order chi connectivity index (χ0) is 19.1. The van der Waals surface area contributed by atoms with Crippen LogP contribution in [0.1, 0.15) is 49.5 Å². The van der Waals surface area contributed by atoms with Crippen LogP contribution < -0.4 is 5.32 Å². The Morgan fingerprint density at radius 1 is 1.19 bits per heavy atom. The quantitative estimate of drug-likeness (QED) is 0.846. The molecular weight excluding hydrogens is 346 g/mol. The minimum atomic E-state index is -0.0883. The maximum absolute atomic E-state index is 12.8. The van der Waals surface area contributed by atoms with Gasteiger partial charge in [0.1, 0.15) is 5.69 Å². The Bertz CT molecular complexity index is 613. The molecule has 3 amide bonds. The number of aromatic nitrogens is 2. The predicted octanol–water partition coefficient (Wildman–Crippen LogP) is 1.68. The molecule has 2 fully saturated rings. The van der Waals surface area contributed by atoms with Crippen LogP contribution in [0.4, 0.5) is 4.79 Å². The van der Waals surface area contributed by atoms with Crippen LogP contribution in [0.3, 0.4) is 0 Å². The lowest BCUT2D eigenvalue weighted by Crippen LogP contribution is -2.56. The van der Waals surface area contributed by atoms with Crippen molar-refractivity contribution in [2.24, 2.45) is 0 Å². The zero-order valence-electron chi connectivity index (χ0n) is 16.0. The van der Waals surface area contributed by atoms with E-state index in [0.29, 0.717) is 38.5 Å². The van der Waals surface area contributed by atoms with E-state index in [1.807, 2.05) is 9.80 Å². The molecule has 2 aliphatic heterocycles. The Hall–Kier alpha value is -2.22. The number of carbonyl (C=O) groups excluding carboxylic acids is 2. The number of likely N-dealkylation sites (tertiary alicyclic amines) is 1. The van der Waals surface area contributed by atoms with Gasteiger partial charge in [0.05, 0.1) is 6.20 Å². The molecule has 0 saturated carbocycles. The summed E-state index contributed by atoms with van der Waals surface area (Å²) in [6.07, 6.45) is 8.82.